The molecule has 0 aliphatic heterocycles. The fraction of sp³-hybridized carbons (Fsp3) is 0.409. The largest absolute Gasteiger partial charge is 0.493 e. The van der Waals surface area contributed by atoms with Gasteiger partial charge < -0.3 is 25.3 Å². The molecule has 4 rings (SSSR count). The van der Waals surface area contributed by atoms with Crippen molar-refractivity contribution in [1.82, 2.24) is 15.0 Å². The minimum Gasteiger partial charge on any atom is -0.493 e. The number of hydrogen-bond donors (Lipinski definition) is 2. The van der Waals surface area contributed by atoms with Crippen LogP contribution in [0.15, 0.2) is 24.3 Å². The molecule has 0 bridgehead atoms. The maximum atomic E-state index is 13.1. The molecule has 13 heteroatoms. The molecule has 1 unspecified atom stereocenters. The molecule has 35 heavy (non-hydrogen) atoms. The number of halogens is 5. The van der Waals surface area contributed by atoms with Gasteiger partial charge in [-0.2, -0.15) is 13.2 Å². The number of aryl methyl sites for hydroxylation is 1. The Morgan fingerprint density at radius 2 is 1.83 bits per heavy atom. The van der Waals surface area contributed by atoms with Crippen molar-refractivity contribution in [2.75, 3.05) is 31.4 Å². The zero-order chi connectivity index (χ0) is 25.4. The summed E-state index contributed by atoms with van der Waals surface area (Å²) in [5, 5.41) is 3.47. The number of anilines is 2. The number of methoxy groups -OCH3 is 1. The van der Waals surface area contributed by atoms with Crippen molar-refractivity contribution < 1.29 is 36.2 Å². The Bertz CT molecular complexity index is 1240. The molecule has 1 aliphatic rings. The van der Waals surface area contributed by atoms with E-state index in [4.69, 9.17) is 19.9 Å². The molecule has 1 aliphatic carbocycles. The lowest BCUT2D eigenvalue weighted by molar-refractivity contribution is -0.141. The number of rotatable bonds is 9. The zero-order valence-electron chi connectivity index (χ0n) is 18.7. The van der Waals surface area contributed by atoms with Gasteiger partial charge in [0.05, 0.1) is 31.5 Å². The minimum atomic E-state index is -4.63. The smallest absolute Gasteiger partial charge is 0.433 e. The predicted octanol–water partition coefficient (Wildman–Crippen LogP) is 4.36. The van der Waals surface area contributed by atoms with Crippen LogP contribution in [0.5, 0.6) is 11.5 Å². The van der Waals surface area contributed by atoms with Gasteiger partial charge in [0.1, 0.15) is 30.0 Å². The van der Waals surface area contributed by atoms with Gasteiger partial charge in [0.15, 0.2) is 11.5 Å². The topological polar surface area (TPSA) is 104 Å². The van der Waals surface area contributed by atoms with E-state index < -0.39 is 23.9 Å². The first kappa shape index (κ1) is 24.6. The summed E-state index contributed by atoms with van der Waals surface area (Å²) < 4.78 is 81.2. The zero-order valence-corrected chi connectivity index (χ0v) is 18.7. The number of nitrogen functional groups attached to an aromatic ring is 1. The summed E-state index contributed by atoms with van der Waals surface area (Å²) in [6.45, 7) is 1.52. The first-order valence-corrected chi connectivity index (χ1v) is 10.5. The van der Waals surface area contributed by atoms with Gasteiger partial charge in [-0.05, 0) is 25.1 Å². The number of fused-ring (bicyclic) bond motifs is 1. The normalized spacial score (nSPS) is 16.8. The molecule has 0 saturated heterocycles. The van der Waals surface area contributed by atoms with Gasteiger partial charge in [0.25, 0.3) is 5.92 Å². The molecule has 8 nitrogen and oxygen atoms in total. The van der Waals surface area contributed by atoms with Crippen molar-refractivity contribution in [3.05, 3.63) is 41.5 Å². The van der Waals surface area contributed by atoms with Crippen molar-refractivity contribution in [1.29, 1.82) is 0 Å². The number of benzene rings is 1. The lowest BCUT2D eigenvalue weighted by atomic mass is 10.2. The maximum absolute atomic E-state index is 13.1. The van der Waals surface area contributed by atoms with E-state index in [2.05, 4.69) is 20.3 Å². The van der Waals surface area contributed by atoms with Crippen LogP contribution in [0, 0.1) is 6.92 Å². The molecule has 1 saturated carbocycles. The van der Waals surface area contributed by atoms with Crippen LogP contribution in [0.25, 0.3) is 10.9 Å². The van der Waals surface area contributed by atoms with Crippen LogP contribution in [0.2, 0.25) is 0 Å². The summed E-state index contributed by atoms with van der Waals surface area (Å²) in [5.74, 6) is -1.40. The summed E-state index contributed by atoms with van der Waals surface area (Å²) in [7, 11) is 1.44. The van der Waals surface area contributed by atoms with E-state index in [1.54, 1.807) is 19.1 Å². The molecule has 1 fully saturated rings. The van der Waals surface area contributed by atoms with Crippen molar-refractivity contribution in [3.63, 3.8) is 0 Å². The fourth-order valence-electron chi connectivity index (χ4n) is 3.39. The molecule has 2 heterocycles. The van der Waals surface area contributed by atoms with Gasteiger partial charge in [-0.15, -0.1) is 0 Å². The third-order valence-corrected chi connectivity index (χ3v) is 5.15. The van der Waals surface area contributed by atoms with E-state index in [0.717, 1.165) is 6.07 Å². The van der Waals surface area contributed by atoms with E-state index in [-0.39, 0.29) is 37.6 Å². The Balaban J connectivity index is 1.54. The molecule has 188 valence electrons. The van der Waals surface area contributed by atoms with E-state index in [1.165, 1.54) is 13.2 Å². The highest BCUT2D eigenvalue weighted by atomic mass is 19.4. The van der Waals surface area contributed by atoms with Gasteiger partial charge in [0, 0.05) is 23.6 Å². The summed E-state index contributed by atoms with van der Waals surface area (Å²) in [4.78, 5) is 12.3. The number of nitrogens with two attached hydrogens (primary N) is 1. The van der Waals surface area contributed by atoms with E-state index in [9.17, 15) is 22.0 Å². The highest BCUT2D eigenvalue weighted by molar-refractivity contribution is 5.91. The Labute approximate surface area is 196 Å². The second-order valence-electron chi connectivity index (χ2n) is 7.94. The quantitative estimate of drug-likeness (QED) is 0.331. The fourth-order valence-corrected chi connectivity index (χ4v) is 3.39. The Morgan fingerprint density at radius 3 is 2.49 bits per heavy atom. The highest BCUT2D eigenvalue weighted by Gasteiger charge is 2.58. The number of ether oxygens (including phenoxy) is 3. The van der Waals surface area contributed by atoms with Gasteiger partial charge in [-0.1, -0.05) is 0 Å². The molecular formula is C22H22F5N5O3. The van der Waals surface area contributed by atoms with E-state index >= 15 is 0 Å². The van der Waals surface area contributed by atoms with E-state index in [0.29, 0.717) is 34.0 Å². The molecule has 0 radical (unpaired) electrons. The second kappa shape index (κ2) is 9.29. The van der Waals surface area contributed by atoms with Crippen LogP contribution in [0.1, 0.15) is 23.6 Å². The van der Waals surface area contributed by atoms with Crippen molar-refractivity contribution >= 4 is 22.4 Å². The number of pyridine rings is 1. The molecule has 3 N–H and O–H groups in total. The second-order valence-corrected chi connectivity index (χ2v) is 7.94. The standard InChI is InChI=1S/C22H22F5N5O3/c1-11-30-15-8-16(33-2)17(34-3-4-35-19-9-21(19,23)24)7-14(15)20(31-11)29-10-13-5-12(28)6-18(32-13)22(25,26)27/h5-8,19H,3-4,9-10H2,1-2H3,(H2,28,32)(H,29,30,31). The third-order valence-electron chi connectivity index (χ3n) is 5.15. The Morgan fingerprint density at radius 1 is 1.09 bits per heavy atom. The molecule has 0 amide bonds. The number of nitrogens with zero attached hydrogens (tertiary/aromatic N) is 3. The maximum Gasteiger partial charge on any atom is 0.433 e. The van der Waals surface area contributed by atoms with Gasteiger partial charge in [0.2, 0.25) is 0 Å². The third kappa shape index (κ3) is 5.78. The number of aromatic nitrogens is 3. The molecule has 1 aromatic carbocycles. The van der Waals surface area contributed by atoms with Crippen LogP contribution in [0.3, 0.4) is 0 Å². The van der Waals surface area contributed by atoms with Crippen LogP contribution < -0.4 is 20.5 Å². The summed E-state index contributed by atoms with van der Waals surface area (Å²) in [6.07, 6.45) is -6.02. The Hall–Kier alpha value is -3.48. The van der Waals surface area contributed by atoms with Crippen LogP contribution >= 0.6 is 0 Å². The average Bonchev–Trinajstić information content (AvgIpc) is 3.39. The van der Waals surface area contributed by atoms with Crippen molar-refractivity contribution in [2.24, 2.45) is 0 Å². The first-order valence-electron chi connectivity index (χ1n) is 10.5. The predicted molar refractivity (Wildman–Crippen MR) is 117 cm³/mol. The van der Waals surface area contributed by atoms with Crippen molar-refractivity contribution in [2.45, 2.75) is 38.1 Å². The van der Waals surface area contributed by atoms with Crippen LogP contribution in [-0.2, 0) is 17.5 Å². The molecule has 3 aromatic rings. The highest BCUT2D eigenvalue weighted by Crippen LogP contribution is 2.44. The number of alkyl halides is 5. The Kier molecular flexibility index (Phi) is 6.54. The molecular weight excluding hydrogens is 477 g/mol. The SMILES string of the molecule is COc1cc2nc(C)nc(NCc3cc(N)cc(C(F)(F)F)n3)c2cc1OCCOC1CC1(F)F. The van der Waals surface area contributed by atoms with Gasteiger partial charge >= 0.3 is 6.18 Å². The minimum absolute atomic E-state index is 0.00262. The van der Waals surface area contributed by atoms with Crippen molar-refractivity contribution in [3.8, 4) is 11.5 Å². The monoisotopic (exact) mass is 499 g/mol. The van der Waals surface area contributed by atoms with E-state index in [1.807, 2.05) is 0 Å². The lowest BCUT2D eigenvalue weighted by Gasteiger charge is -2.15. The molecule has 0 spiro atoms. The summed E-state index contributed by atoms with van der Waals surface area (Å²) >= 11 is 0. The lowest BCUT2D eigenvalue weighted by Crippen LogP contribution is -2.13. The van der Waals surface area contributed by atoms with Crippen LogP contribution in [0.4, 0.5) is 33.5 Å². The molecule has 2 aromatic heterocycles. The summed E-state index contributed by atoms with van der Waals surface area (Å²) in [6, 6.07) is 5.30. The number of nitrogens with one attached hydrogen (secondary N) is 1. The summed E-state index contributed by atoms with van der Waals surface area (Å²) in [5.41, 5.74) is 5.01. The van der Waals surface area contributed by atoms with Gasteiger partial charge in [-0.25, -0.2) is 23.7 Å². The average molecular weight is 499 g/mol. The molecule has 1 atom stereocenters. The first-order chi connectivity index (χ1) is 16.5. The van der Waals surface area contributed by atoms with Crippen LogP contribution in [-0.4, -0.2) is 47.3 Å². The van der Waals surface area contributed by atoms with Gasteiger partial charge in [-0.3, -0.25) is 0 Å². The number of hydrogen-bond acceptors (Lipinski definition) is 8.